The van der Waals surface area contributed by atoms with Crippen LogP contribution in [-0.2, 0) is 11.2 Å². The minimum atomic E-state index is -0.799. The summed E-state index contributed by atoms with van der Waals surface area (Å²) >= 11 is 0. The number of rotatable bonds is 3. The van der Waals surface area contributed by atoms with Crippen molar-refractivity contribution in [3.8, 4) is 12.3 Å². The summed E-state index contributed by atoms with van der Waals surface area (Å²) in [6.45, 7) is 0. The Morgan fingerprint density at radius 2 is 2.15 bits per heavy atom. The maximum absolute atomic E-state index is 10.3. The van der Waals surface area contributed by atoms with Crippen molar-refractivity contribution in [3.05, 3.63) is 35.4 Å². The van der Waals surface area contributed by atoms with Crippen LogP contribution in [0, 0.1) is 12.3 Å². The highest BCUT2D eigenvalue weighted by molar-refractivity contribution is 5.67. The van der Waals surface area contributed by atoms with Crippen LogP contribution in [0.5, 0.6) is 0 Å². The van der Waals surface area contributed by atoms with Gasteiger partial charge in [-0.15, -0.1) is 6.42 Å². The highest BCUT2D eigenvalue weighted by atomic mass is 16.4. The third kappa shape index (κ3) is 2.64. The fraction of sp³-hybridized carbons (Fsp3) is 0.182. The molecule has 1 rings (SSSR count). The Labute approximate surface area is 77.2 Å². The first-order valence-corrected chi connectivity index (χ1v) is 4.00. The molecule has 0 unspecified atom stereocenters. The lowest BCUT2D eigenvalue weighted by Crippen LogP contribution is -1.98. The Kier molecular flexibility index (Phi) is 3.10. The smallest absolute Gasteiger partial charge is 0.303 e. The summed E-state index contributed by atoms with van der Waals surface area (Å²) in [7, 11) is 0. The van der Waals surface area contributed by atoms with Gasteiger partial charge in [0.05, 0.1) is 0 Å². The highest BCUT2D eigenvalue weighted by Crippen LogP contribution is 2.09. The summed E-state index contributed by atoms with van der Waals surface area (Å²) in [5.41, 5.74) is 1.70. The first-order valence-electron chi connectivity index (χ1n) is 4.00. The van der Waals surface area contributed by atoms with E-state index >= 15 is 0 Å². The summed E-state index contributed by atoms with van der Waals surface area (Å²) in [4.78, 5) is 10.3. The fourth-order valence-electron chi connectivity index (χ4n) is 1.12. The van der Waals surface area contributed by atoms with Crippen LogP contribution in [0.15, 0.2) is 24.3 Å². The molecule has 1 aromatic carbocycles. The van der Waals surface area contributed by atoms with Crippen LogP contribution >= 0.6 is 0 Å². The van der Waals surface area contributed by atoms with Gasteiger partial charge in [0.15, 0.2) is 0 Å². The number of hydrogen-bond donors (Lipinski definition) is 1. The lowest BCUT2D eigenvalue weighted by molar-refractivity contribution is -0.136. The van der Waals surface area contributed by atoms with Crippen LogP contribution in [0.4, 0.5) is 0 Å². The number of aryl methyl sites for hydroxylation is 1. The Morgan fingerprint density at radius 1 is 1.46 bits per heavy atom. The molecule has 0 aliphatic carbocycles. The fourth-order valence-corrected chi connectivity index (χ4v) is 1.12. The Balaban J connectivity index is 2.77. The van der Waals surface area contributed by atoms with Gasteiger partial charge in [-0.1, -0.05) is 24.1 Å². The molecule has 0 atom stereocenters. The van der Waals surface area contributed by atoms with E-state index in [0.717, 1.165) is 11.1 Å². The standard InChI is InChI=1S/C11H10O2/c1-2-9-5-3-4-6-10(9)7-8-11(12)13/h1,3-6H,7-8H2,(H,12,13). The first-order chi connectivity index (χ1) is 6.24. The number of hydrogen-bond acceptors (Lipinski definition) is 1. The lowest BCUT2D eigenvalue weighted by atomic mass is 10.0. The van der Waals surface area contributed by atoms with E-state index in [1.54, 1.807) is 0 Å². The van der Waals surface area contributed by atoms with E-state index in [0.29, 0.717) is 6.42 Å². The maximum atomic E-state index is 10.3. The minimum Gasteiger partial charge on any atom is -0.481 e. The Hall–Kier alpha value is -1.75. The number of terminal acetylenes is 1. The zero-order valence-corrected chi connectivity index (χ0v) is 7.16. The SMILES string of the molecule is C#Cc1ccccc1CCC(=O)O. The molecule has 66 valence electrons. The molecule has 0 aliphatic rings. The van der Waals surface area contributed by atoms with E-state index in [-0.39, 0.29) is 6.42 Å². The van der Waals surface area contributed by atoms with Gasteiger partial charge in [-0.2, -0.15) is 0 Å². The van der Waals surface area contributed by atoms with Gasteiger partial charge in [-0.25, -0.2) is 0 Å². The van der Waals surface area contributed by atoms with E-state index in [1.807, 2.05) is 24.3 Å². The summed E-state index contributed by atoms with van der Waals surface area (Å²) in [5, 5.41) is 8.49. The van der Waals surface area contributed by atoms with Crippen molar-refractivity contribution in [2.24, 2.45) is 0 Å². The monoisotopic (exact) mass is 174 g/mol. The third-order valence-corrected chi connectivity index (χ3v) is 1.78. The van der Waals surface area contributed by atoms with E-state index < -0.39 is 5.97 Å². The number of aliphatic carboxylic acids is 1. The van der Waals surface area contributed by atoms with Gasteiger partial charge >= 0.3 is 5.97 Å². The van der Waals surface area contributed by atoms with Gasteiger partial charge in [-0.3, -0.25) is 4.79 Å². The van der Waals surface area contributed by atoms with E-state index in [2.05, 4.69) is 5.92 Å². The number of benzene rings is 1. The van der Waals surface area contributed by atoms with E-state index in [1.165, 1.54) is 0 Å². The third-order valence-electron chi connectivity index (χ3n) is 1.78. The van der Waals surface area contributed by atoms with Crippen molar-refractivity contribution in [2.75, 3.05) is 0 Å². The predicted molar refractivity (Wildman–Crippen MR) is 50.3 cm³/mol. The molecule has 1 aromatic rings. The molecule has 13 heavy (non-hydrogen) atoms. The molecule has 0 fully saturated rings. The normalized spacial score (nSPS) is 9.15. The van der Waals surface area contributed by atoms with E-state index in [9.17, 15) is 4.79 Å². The molecular formula is C11H10O2. The second kappa shape index (κ2) is 4.32. The van der Waals surface area contributed by atoms with Crippen molar-refractivity contribution in [1.82, 2.24) is 0 Å². The molecule has 2 nitrogen and oxygen atoms in total. The van der Waals surface area contributed by atoms with Gasteiger partial charge in [0.2, 0.25) is 0 Å². The van der Waals surface area contributed by atoms with E-state index in [4.69, 9.17) is 11.5 Å². The molecular weight excluding hydrogens is 164 g/mol. The van der Waals surface area contributed by atoms with Crippen LogP contribution in [-0.4, -0.2) is 11.1 Å². The van der Waals surface area contributed by atoms with Crippen LogP contribution < -0.4 is 0 Å². The van der Waals surface area contributed by atoms with Crippen molar-refractivity contribution >= 4 is 5.97 Å². The highest BCUT2D eigenvalue weighted by Gasteiger charge is 2.01. The van der Waals surface area contributed by atoms with Crippen LogP contribution in [0.2, 0.25) is 0 Å². The van der Waals surface area contributed by atoms with Gasteiger partial charge in [0, 0.05) is 12.0 Å². The Morgan fingerprint density at radius 3 is 2.77 bits per heavy atom. The van der Waals surface area contributed by atoms with Gasteiger partial charge in [0.1, 0.15) is 0 Å². The zero-order valence-electron chi connectivity index (χ0n) is 7.16. The van der Waals surface area contributed by atoms with Crippen molar-refractivity contribution in [1.29, 1.82) is 0 Å². The van der Waals surface area contributed by atoms with Gasteiger partial charge < -0.3 is 5.11 Å². The topological polar surface area (TPSA) is 37.3 Å². The molecule has 0 saturated heterocycles. The molecule has 0 amide bonds. The first kappa shape index (κ1) is 9.34. The summed E-state index contributed by atoms with van der Waals surface area (Å²) in [6, 6.07) is 7.38. The lowest BCUT2D eigenvalue weighted by Gasteiger charge is -2.01. The molecule has 1 N–H and O–H groups in total. The van der Waals surface area contributed by atoms with Crippen molar-refractivity contribution in [2.45, 2.75) is 12.8 Å². The predicted octanol–water partition coefficient (Wildman–Crippen LogP) is 1.69. The summed E-state index contributed by atoms with van der Waals surface area (Å²) < 4.78 is 0. The zero-order chi connectivity index (χ0) is 9.68. The van der Waals surface area contributed by atoms with Crippen molar-refractivity contribution in [3.63, 3.8) is 0 Å². The van der Waals surface area contributed by atoms with Crippen LogP contribution in [0.1, 0.15) is 17.5 Å². The molecule has 0 heterocycles. The Bertz CT molecular complexity index is 347. The summed E-state index contributed by atoms with van der Waals surface area (Å²) in [6.07, 6.45) is 5.88. The second-order valence-electron chi connectivity index (χ2n) is 2.70. The van der Waals surface area contributed by atoms with Crippen LogP contribution in [0.25, 0.3) is 0 Å². The largest absolute Gasteiger partial charge is 0.481 e. The minimum absolute atomic E-state index is 0.124. The molecule has 0 aliphatic heterocycles. The number of carbonyl (C=O) groups is 1. The second-order valence-corrected chi connectivity index (χ2v) is 2.70. The van der Waals surface area contributed by atoms with Gasteiger partial charge in [0.25, 0.3) is 0 Å². The van der Waals surface area contributed by atoms with Crippen LogP contribution in [0.3, 0.4) is 0 Å². The van der Waals surface area contributed by atoms with Gasteiger partial charge in [-0.05, 0) is 18.1 Å². The molecule has 0 spiro atoms. The molecule has 0 saturated carbocycles. The van der Waals surface area contributed by atoms with Crippen molar-refractivity contribution < 1.29 is 9.90 Å². The average Bonchev–Trinajstić information content (AvgIpc) is 2.15. The quantitative estimate of drug-likeness (QED) is 0.708. The summed E-state index contributed by atoms with van der Waals surface area (Å²) in [5.74, 6) is 1.73. The molecule has 2 heteroatoms. The molecule has 0 aromatic heterocycles. The number of carboxylic acid groups (broad SMARTS) is 1. The number of carboxylic acids is 1. The molecule has 0 bridgehead atoms. The molecule has 0 radical (unpaired) electrons. The maximum Gasteiger partial charge on any atom is 0.303 e. The average molecular weight is 174 g/mol.